The van der Waals surface area contributed by atoms with Gasteiger partial charge in [0, 0.05) is 19.1 Å². The standard InChI is InChI=1S/C24H26ClN5O4/c1-26-20-7-6-18(14-19(20)25)34-17-4-2-16(3-5-17)27-23(31)21-8-9-22(29-28-21)30-12-10-15(11-13-30)24(32)33/h6-9,14-17H,2-5,10-13H2,(H,27,31)(H,32,33). The number of hydrogen-bond donors (Lipinski definition) is 2. The number of carbonyl (C=O) groups excluding carboxylic acids is 1. The Hall–Kier alpha value is -3.38. The van der Waals surface area contributed by atoms with Crippen LogP contribution >= 0.6 is 11.6 Å². The SMILES string of the molecule is [C-]#[N+]c1ccc(OC2CCC(NC(=O)c3ccc(N4CCC(C(=O)O)CC4)nn3)CC2)cc1Cl. The van der Waals surface area contributed by atoms with Gasteiger partial charge in [-0.2, -0.15) is 0 Å². The smallest absolute Gasteiger partial charge is 0.306 e. The van der Waals surface area contributed by atoms with E-state index in [-0.39, 0.29) is 29.7 Å². The highest BCUT2D eigenvalue weighted by molar-refractivity contribution is 6.33. The molecule has 178 valence electrons. The predicted molar refractivity (Wildman–Crippen MR) is 126 cm³/mol. The molecule has 1 aliphatic heterocycles. The average Bonchev–Trinajstić information content (AvgIpc) is 2.85. The summed E-state index contributed by atoms with van der Waals surface area (Å²) in [6.45, 7) is 8.28. The van der Waals surface area contributed by atoms with Crippen molar-refractivity contribution in [3.8, 4) is 5.75 Å². The van der Waals surface area contributed by atoms with E-state index < -0.39 is 5.97 Å². The number of ether oxygens (including phenoxy) is 1. The van der Waals surface area contributed by atoms with E-state index in [1.807, 2.05) is 4.90 Å². The summed E-state index contributed by atoms with van der Waals surface area (Å²) >= 11 is 6.08. The molecule has 10 heteroatoms. The zero-order chi connectivity index (χ0) is 24.1. The summed E-state index contributed by atoms with van der Waals surface area (Å²) in [6.07, 6.45) is 4.35. The lowest BCUT2D eigenvalue weighted by atomic mass is 9.93. The van der Waals surface area contributed by atoms with Gasteiger partial charge in [0.1, 0.15) is 5.75 Å². The minimum Gasteiger partial charge on any atom is -0.490 e. The molecule has 0 bridgehead atoms. The molecule has 9 nitrogen and oxygen atoms in total. The summed E-state index contributed by atoms with van der Waals surface area (Å²) in [5.74, 6) is -0.0136. The molecule has 2 heterocycles. The van der Waals surface area contributed by atoms with E-state index in [1.165, 1.54) is 0 Å². The number of aromatic nitrogens is 2. The minimum absolute atomic E-state index is 0.0346. The number of anilines is 1. The number of carboxylic acid groups (broad SMARTS) is 1. The van der Waals surface area contributed by atoms with Gasteiger partial charge < -0.3 is 20.1 Å². The van der Waals surface area contributed by atoms with Crippen molar-refractivity contribution in [1.82, 2.24) is 15.5 Å². The van der Waals surface area contributed by atoms with Gasteiger partial charge in [-0.25, -0.2) is 4.85 Å². The van der Waals surface area contributed by atoms with Gasteiger partial charge in [0.25, 0.3) is 5.91 Å². The third kappa shape index (κ3) is 5.75. The lowest BCUT2D eigenvalue weighted by molar-refractivity contribution is -0.142. The third-order valence-corrected chi connectivity index (χ3v) is 6.71. The summed E-state index contributed by atoms with van der Waals surface area (Å²) < 4.78 is 6.00. The van der Waals surface area contributed by atoms with Gasteiger partial charge in [-0.15, -0.1) is 10.2 Å². The van der Waals surface area contributed by atoms with E-state index in [0.29, 0.717) is 48.2 Å². The maximum Gasteiger partial charge on any atom is 0.306 e. The van der Waals surface area contributed by atoms with Crippen molar-refractivity contribution in [2.75, 3.05) is 18.0 Å². The van der Waals surface area contributed by atoms with Crippen LogP contribution in [-0.4, -0.2) is 52.4 Å². The molecule has 2 fully saturated rings. The predicted octanol–water partition coefficient (Wildman–Crippen LogP) is 4.10. The van der Waals surface area contributed by atoms with E-state index in [9.17, 15) is 9.59 Å². The summed E-state index contributed by atoms with van der Waals surface area (Å²) in [4.78, 5) is 29.1. The van der Waals surface area contributed by atoms with E-state index in [1.54, 1.807) is 30.3 Å². The molecule has 0 atom stereocenters. The van der Waals surface area contributed by atoms with Crippen molar-refractivity contribution in [1.29, 1.82) is 0 Å². The maximum absolute atomic E-state index is 12.6. The number of amides is 1. The van der Waals surface area contributed by atoms with E-state index in [0.717, 1.165) is 25.7 Å². The van der Waals surface area contributed by atoms with Crippen molar-refractivity contribution >= 4 is 35.0 Å². The van der Waals surface area contributed by atoms with Crippen LogP contribution in [0.3, 0.4) is 0 Å². The zero-order valence-electron chi connectivity index (χ0n) is 18.6. The van der Waals surface area contributed by atoms with Crippen LogP contribution < -0.4 is 15.0 Å². The number of rotatable bonds is 6. The molecule has 1 saturated heterocycles. The Balaban J connectivity index is 1.23. The minimum atomic E-state index is -0.752. The molecule has 1 aromatic heterocycles. The molecule has 0 unspecified atom stereocenters. The number of carboxylic acids is 1. The number of nitrogens with one attached hydrogen (secondary N) is 1. The molecule has 1 saturated carbocycles. The van der Waals surface area contributed by atoms with Gasteiger partial charge >= 0.3 is 5.97 Å². The van der Waals surface area contributed by atoms with Crippen molar-refractivity contribution in [2.24, 2.45) is 5.92 Å². The first-order valence-corrected chi connectivity index (χ1v) is 11.8. The lowest BCUT2D eigenvalue weighted by Crippen LogP contribution is -2.40. The van der Waals surface area contributed by atoms with Gasteiger partial charge in [0.05, 0.1) is 23.6 Å². The van der Waals surface area contributed by atoms with E-state index >= 15 is 0 Å². The summed E-state index contributed by atoms with van der Waals surface area (Å²) in [5, 5.41) is 20.8. The highest BCUT2D eigenvalue weighted by atomic mass is 35.5. The van der Waals surface area contributed by atoms with Crippen LogP contribution in [0.5, 0.6) is 5.75 Å². The van der Waals surface area contributed by atoms with Crippen LogP contribution in [0.15, 0.2) is 30.3 Å². The van der Waals surface area contributed by atoms with Crippen LogP contribution in [0.2, 0.25) is 5.02 Å². The lowest BCUT2D eigenvalue weighted by Gasteiger charge is -2.30. The van der Waals surface area contributed by atoms with Crippen molar-refractivity contribution < 1.29 is 19.4 Å². The zero-order valence-corrected chi connectivity index (χ0v) is 19.4. The fraction of sp³-hybridized carbons (Fsp3) is 0.458. The quantitative estimate of drug-likeness (QED) is 0.595. The normalized spacial score (nSPS) is 20.9. The van der Waals surface area contributed by atoms with E-state index in [4.69, 9.17) is 28.0 Å². The number of halogens is 1. The second-order valence-corrected chi connectivity index (χ2v) is 9.07. The summed E-state index contributed by atoms with van der Waals surface area (Å²) in [5.41, 5.74) is 0.663. The Morgan fingerprint density at radius 3 is 2.41 bits per heavy atom. The Labute approximate surface area is 202 Å². The molecule has 0 spiro atoms. The number of nitrogens with zero attached hydrogens (tertiary/aromatic N) is 4. The van der Waals surface area contributed by atoms with Crippen LogP contribution in [0, 0.1) is 12.5 Å². The van der Waals surface area contributed by atoms with Gasteiger partial charge in [-0.3, -0.25) is 9.59 Å². The Morgan fingerprint density at radius 1 is 1.09 bits per heavy atom. The van der Waals surface area contributed by atoms with Crippen LogP contribution in [-0.2, 0) is 4.79 Å². The first-order valence-electron chi connectivity index (χ1n) is 11.4. The highest BCUT2D eigenvalue weighted by Crippen LogP contribution is 2.31. The van der Waals surface area contributed by atoms with Crippen LogP contribution in [0.4, 0.5) is 11.5 Å². The second-order valence-electron chi connectivity index (χ2n) is 8.67. The number of piperidine rings is 1. The Bertz CT molecular complexity index is 1070. The monoisotopic (exact) mass is 483 g/mol. The Kier molecular flexibility index (Phi) is 7.48. The molecule has 34 heavy (non-hydrogen) atoms. The topological polar surface area (TPSA) is 109 Å². The number of hydrogen-bond acceptors (Lipinski definition) is 6. The molecule has 2 aromatic rings. The fourth-order valence-electron chi connectivity index (χ4n) is 4.40. The summed E-state index contributed by atoms with van der Waals surface area (Å²) in [7, 11) is 0. The van der Waals surface area contributed by atoms with Gasteiger partial charge in [-0.1, -0.05) is 17.7 Å². The molecular weight excluding hydrogens is 458 g/mol. The maximum atomic E-state index is 12.6. The number of aliphatic carboxylic acids is 1. The van der Waals surface area contributed by atoms with Crippen molar-refractivity contribution in [3.63, 3.8) is 0 Å². The summed E-state index contributed by atoms with van der Waals surface area (Å²) in [6, 6.07) is 8.53. The second kappa shape index (κ2) is 10.7. The number of carbonyl (C=O) groups is 2. The molecular formula is C24H26ClN5O4. The van der Waals surface area contributed by atoms with Crippen LogP contribution in [0.1, 0.15) is 49.0 Å². The Morgan fingerprint density at radius 2 is 1.82 bits per heavy atom. The van der Waals surface area contributed by atoms with E-state index in [2.05, 4.69) is 20.4 Å². The fourth-order valence-corrected chi connectivity index (χ4v) is 4.61. The third-order valence-electron chi connectivity index (χ3n) is 6.40. The molecule has 0 radical (unpaired) electrons. The van der Waals surface area contributed by atoms with Crippen LogP contribution in [0.25, 0.3) is 4.85 Å². The molecule has 2 aliphatic rings. The molecule has 1 aromatic carbocycles. The first kappa shape index (κ1) is 23.8. The molecule has 1 amide bonds. The number of benzene rings is 1. The van der Waals surface area contributed by atoms with Gasteiger partial charge in [0.2, 0.25) is 5.69 Å². The van der Waals surface area contributed by atoms with Crippen molar-refractivity contribution in [2.45, 2.75) is 50.7 Å². The average molecular weight is 484 g/mol. The largest absolute Gasteiger partial charge is 0.490 e. The van der Waals surface area contributed by atoms with Crippen molar-refractivity contribution in [3.05, 3.63) is 52.5 Å². The van der Waals surface area contributed by atoms with Gasteiger partial charge in [-0.05, 0) is 62.8 Å². The molecule has 1 aliphatic carbocycles. The first-order chi connectivity index (χ1) is 16.4. The van der Waals surface area contributed by atoms with Gasteiger partial charge in [0.15, 0.2) is 11.5 Å². The highest BCUT2D eigenvalue weighted by Gasteiger charge is 2.27. The molecule has 4 rings (SSSR count). The molecule has 2 N–H and O–H groups in total.